The van der Waals surface area contributed by atoms with E-state index in [2.05, 4.69) is 14.9 Å². The van der Waals surface area contributed by atoms with E-state index in [9.17, 15) is 13.2 Å². The van der Waals surface area contributed by atoms with Crippen molar-refractivity contribution in [3.8, 4) is 11.6 Å². The molecule has 2 aliphatic rings. The van der Waals surface area contributed by atoms with Crippen molar-refractivity contribution in [2.75, 3.05) is 20.2 Å². The number of hydrogen-bond acceptors (Lipinski definition) is 5. The molecule has 3 aromatic rings. The van der Waals surface area contributed by atoms with Crippen LogP contribution in [0.4, 0.5) is 13.2 Å². The number of ether oxygens (including phenoxy) is 1. The first kappa shape index (κ1) is 22.7. The number of imidazole rings is 1. The van der Waals surface area contributed by atoms with E-state index in [1.807, 2.05) is 29.8 Å². The van der Waals surface area contributed by atoms with Crippen LogP contribution in [0.2, 0.25) is 5.02 Å². The number of fused-ring (bicyclic) bond motifs is 1. The van der Waals surface area contributed by atoms with Gasteiger partial charge in [0, 0.05) is 30.2 Å². The first-order chi connectivity index (χ1) is 16.2. The zero-order chi connectivity index (χ0) is 24.0. The average Bonchev–Trinajstić information content (AvgIpc) is 3.44. The topological polar surface area (TPSA) is 55.5 Å². The molecule has 34 heavy (non-hydrogen) atoms. The summed E-state index contributed by atoms with van der Waals surface area (Å²) < 4.78 is 48.7. The van der Waals surface area contributed by atoms with Gasteiger partial charge in [-0.1, -0.05) is 17.7 Å². The van der Waals surface area contributed by atoms with E-state index >= 15 is 0 Å². The van der Waals surface area contributed by atoms with Gasteiger partial charge in [-0.2, -0.15) is 13.2 Å². The number of rotatable bonds is 4. The van der Waals surface area contributed by atoms with Crippen molar-refractivity contribution in [1.82, 2.24) is 19.4 Å². The number of aromatic nitrogens is 3. The normalized spacial score (nSPS) is 20.3. The van der Waals surface area contributed by atoms with Crippen LogP contribution in [-0.2, 0) is 6.18 Å². The first-order valence-electron chi connectivity index (χ1n) is 11.0. The molecule has 1 fully saturated rings. The van der Waals surface area contributed by atoms with Crippen LogP contribution >= 0.6 is 11.6 Å². The predicted molar refractivity (Wildman–Crippen MR) is 123 cm³/mol. The van der Waals surface area contributed by atoms with Crippen LogP contribution in [0.15, 0.2) is 47.8 Å². The van der Waals surface area contributed by atoms with Crippen molar-refractivity contribution in [2.24, 2.45) is 4.99 Å². The number of pyridine rings is 1. The lowest BCUT2D eigenvalue weighted by Gasteiger charge is -2.33. The van der Waals surface area contributed by atoms with Gasteiger partial charge in [-0.05, 0) is 49.6 Å². The van der Waals surface area contributed by atoms with Crippen molar-refractivity contribution in [3.63, 3.8) is 0 Å². The molecule has 2 aliphatic heterocycles. The predicted octanol–water partition coefficient (Wildman–Crippen LogP) is 5.59. The van der Waals surface area contributed by atoms with Crippen LogP contribution < -0.4 is 4.74 Å². The molecule has 1 aromatic carbocycles. The number of methoxy groups -OCH3 is 1. The zero-order valence-electron chi connectivity index (χ0n) is 18.7. The Morgan fingerprint density at radius 3 is 2.71 bits per heavy atom. The third-order valence-electron chi connectivity index (χ3n) is 6.32. The number of piperidine rings is 1. The quantitative estimate of drug-likeness (QED) is 0.479. The number of hydrogen-bond donors (Lipinski definition) is 0. The summed E-state index contributed by atoms with van der Waals surface area (Å²) in [5, 5.41) is 0.0689. The summed E-state index contributed by atoms with van der Waals surface area (Å²) in [6.07, 6.45) is 0.468. The number of amidine groups is 1. The molecule has 1 unspecified atom stereocenters. The molecule has 0 spiro atoms. The molecular weight excluding hydrogens is 467 g/mol. The Bertz CT molecular complexity index is 1260. The fourth-order valence-electron chi connectivity index (χ4n) is 4.78. The largest absolute Gasteiger partial charge is 0.479 e. The number of benzene rings is 1. The molecule has 0 bridgehead atoms. The summed E-state index contributed by atoms with van der Waals surface area (Å²) >= 11 is 5.90. The smallest absolute Gasteiger partial charge is 0.416 e. The molecule has 1 saturated heterocycles. The fourth-order valence-corrected chi connectivity index (χ4v) is 4.95. The molecule has 2 aromatic heterocycles. The molecule has 0 radical (unpaired) electrons. The van der Waals surface area contributed by atoms with Gasteiger partial charge in [0.1, 0.15) is 17.6 Å². The maximum Gasteiger partial charge on any atom is 0.416 e. The molecule has 2 atom stereocenters. The van der Waals surface area contributed by atoms with Crippen LogP contribution in [-0.4, -0.2) is 45.5 Å². The molecule has 0 amide bonds. The highest BCUT2D eigenvalue weighted by atomic mass is 35.5. The zero-order valence-corrected chi connectivity index (χ0v) is 19.4. The van der Waals surface area contributed by atoms with Gasteiger partial charge in [0.25, 0.3) is 0 Å². The van der Waals surface area contributed by atoms with Crippen LogP contribution in [0.5, 0.6) is 5.88 Å². The highest BCUT2D eigenvalue weighted by Crippen LogP contribution is 2.42. The molecule has 0 aliphatic carbocycles. The second kappa shape index (κ2) is 8.61. The minimum atomic E-state index is -4.49. The maximum absolute atomic E-state index is 13.8. The minimum Gasteiger partial charge on any atom is -0.479 e. The molecule has 178 valence electrons. The first-order valence-corrected chi connectivity index (χ1v) is 11.4. The summed E-state index contributed by atoms with van der Waals surface area (Å²) in [5.74, 6) is 0.676. The van der Waals surface area contributed by atoms with Crippen molar-refractivity contribution in [2.45, 2.75) is 37.9 Å². The molecule has 4 heterocycles. The van der Waals surface area contributed by atoms with Crippen LogP contribution in [0.1, 0.15) is 47.3 Å². The number of nitrogens with zero attached hydrogens (tertiary/aromatic N) is 5. The van der Waals surface area contributed by atoms with Crippen molar-refractivity contribution in [3.05, 3.63) is 70.4 Å². The van der Waals surface area contributed by atoms with Gasteiger partial charge in [0.05, 0.1) is 30.4 Å². The Labute approximate surface area is 200 Å². The van der Waals surface area contributed by atoms with Gasteiger partial charge in [-0.3, -0.25) is 4.99 Å². The van der Waals surface area contributed by atoms with Gasteiger partial charge in [-0.15, -0.1) is 0 Å². The monoisotopic (exact) mass is 489 g/mol. The molecule has 5 rings (SSSR count). The molecule has 0 saturated carbocycles. The van der Waals surface area contributed by atoms with E-state index < -0.39 is 17.7 Å². The lowest BCUT2D eigenvalue weighted by molar-refractivity contribution is -0.138. The van der Waals surface area contributed by atoms with E-state index in [-0.39, 0.29) is 16.6 Å². The second-order valence-corrected chi connectivity index (χ2v) is 9.00. The van der Waals surface area contributed by atoms with Gasteiger partial charge in [-0.25, -0.2) is 9.97 Å². The number of aliphatic imine (C=N–C) groups is 1. The number of halogens is 4. The van der Waals surface area contributed by atoms with Gasteiger partial charge < -0.3 is 14.2 Å². The lowest BCUT2D eigenvalue weighted by Crippen LogP contribution is -2.38. The molecule has 6 nitrogen and oxygen atoms in total. The van der Waals surface area contributed by atoms with E-state index in [4.69, 9.17) is 21.3 Å². The van der Waals surface area contributed by atoms with E-state index in [0.717, 1.165) is 30.4 Å². The Hall–Kier alpha value is -3.07. The number of alkyl halides is 3. The van der Waals surface area contributed by atoms with Gasteiger partial charge >= 0.3 is 6.18 Å². The SMILES string of the molecule is COc1nc(C2CN3CCC[C@H](c4ccc(Cl)cc4C(F)(F)F)C3=N2)ccc1-n1cnc(C)c1. The van der Waals surface area contributed by atoms with Crippen LogP contribution in [0.3, 0.4) is 0 Å². The maximum atomic E-state index is 13.8. The summed E-state index contributed by atoms with van der Waals surface area (Å²) in [4.78, 5) is 15.9. The Kier molecular flexibility index (Phi) is 5.75. The van der Waals surface area contributed by atoms with Crippen LogP contribution in [0, 0.1) is 6.92 Å². The van der Waals surface area contributed by atoms with Crippen LogP contribution in [0.25, 0.3) is 5.69 Å². The summed E-state index contributed by atoms with van der Waals surface area (Å²) in [7, 11) is 1.55. The third-order valence-corrected chi connectivity index (χ3v) is 6.56. The molecule has 0 N–H and O–H groups in total. The number of aryl methyl sites for hydroxylation is 1. The molecular formula is C24H23ClF3N5O. The fraction of sp³-hybridized carbons (Fsp3) is 0.375. The van der Waals surface area contributed by atoms with Gasteiger partial charge in [0.2, 0.25) is 5.88 Å². The second-order valence-electron chi connectivity index (χ2n) is 8.56. The highest BCUT2D eigenvalue weighted by molar-refractivity contribution is 6.30. The third kappa shape index (κ3) is 4.13. The van der Waals surface area contributed by atoms with Gasteiger partial charge in [0.15, 0.2) is 0 Å². The average molecular weight is 490 g/mol. The van der Waals surface area contributed by atoms with Crippen molar-refractivity contribution in [1.29, 1.82) is 0 Å². The highest BCUT2D eigenvalue weighted by Gasteiger charge is 2.41. The lowest BCUT2D eigenvalue weighted by atomic mass is 9.86. The van der Waals surface area contributed by atoms with E-state index in [0.29, 0.717) is 30.4 Å². The van der Waals surface area contributed by atoms with Crippen molar-refractivity contribution >= 4 is 17.4 Å². The Morgan fingerprint density at radius 2 is 2.00 bits per heavy atom. The summed E-state index contributed by atoms with van der Waals surface area (Å²) in [6, 6.07) is 7.51. The summed E-state index contributed by atoms with van der Waals surface area (Å²) in [6.45, 7) is 3.22. The Morgan fingerprint density at radius 1 is 1.18 bits per heavy atom. The summed E-state index contributed by atoms with van der Waals surface area (Å²) in [5.41, 5.74) is 1.86. The van der Waals surface area contributed by atoms with E-state index in [1.54, 1.807) is 13.4 Å². The van der Waals surface area contributed by atoms with E-state index in [1.165, 1.54) is 12.1 Å². The molecule has 10 heteroatoms. The van der Waals surface area contributed by atoms with Crippen molar-refractivity contribution < 1.29 is 17.9 Å². The Balaban J connectivity index is 1.50. The standard InChI is InChI=1S/C24H23ClF3N5O/c1-14-11-33(13-29-14)21-8-7-19(31-23(21)34-2)20-12-32-9-3-4-17(22(32)30-20)16-6-5-15(25)10-18(16)24(26,27)28/h5-8,10-11,13,17,20H,3-4,9,12H2,1-2H3/t17-,20?/m1/s1. The minimum absolute atomic E-state index is 0.0689.